The third-order valence-electron chi connectivity index (χ3n) is 2.75. The van der Waals surface area contributed by atoms with E-state index in [1.807, 2.05) is 0 Å². The van der Waals surface area contributed by atoms with Crippen LogP contribution in [0, 0.1) is 12.3 Å². The highest BCUT2D eigenvalue weighted by Crippen LogP contribution is 2.12. The van der Waals surface area contributed by atoms with Gasteiger partial charge in [0.15, 0.2) is 0 Å². The Kier molecular flexibility index (Phi) is 3.13. The molecule has 0 amide bonds. The molecule has 68 valence electrons. The highest BCUT2D eigenvalue weighted by Gasteiger charge is 2.25. The van der Waals surface area contributed by atoms with Crippen LogP contribution < -0.4 is 0 Å². The molecule has 0 radical (unpaired) electrons. The van der Waals surface area contributed by atoms with Crippen molar-refractivity contribution in [1.29, 1.82) is 0 Å². The minimum absolute atomic E-state index is 0.627. The second-order valence-corrected chi connectivity index (χ2v) is 3.76. The smallest absolute Gasteiger partial charge is 0.0600 e. The van der Waals surface area contributed by atoms with Gasteiger partial charge in [0, 0.05) is 25.2 Å². The average molecular weight is 166 g/mol. The minimum atomic E-state index is 0.627. The molecule has 0 bridgehead atoms. The Morgan fingerprint density at radius 3 is 2.25 bits per heavy atom. The van der Waals surface area contributed by atoms with E-state index in [4.69, 9.17) is 6.42 Å². The second-order valence-electron chi connectivity index (χ2n) is 3.76. The molecular weight excluding hydrogens is 148 g/mol. The molecule has 1 fully saturated rings. The Morgan fingerprint density at radius 2 is 1.83 bits per heavy atom. The summed E-state index contributed by atoms with van der Waals surface area (Å²) in [6, 6.07) is 1.25. The van der Waals surface area contributed by atoms with Crippen LogP contribution in [-0.2, 0) is 0 Å². The molecule has 0 aliphatic carbocycles. The van der Waals surface area contributed by atoms with E-state index in [1.165, 1.54) is 0 Å². The summed E-state index contributed by atoms with van der Waals surface area (Å²) < 4.78 is 0. The second kappa shape index (κ2) is 3.93. The summed E-state index contributed by atoms with van der Waals surface area (Å²) in [6.07, 6.45) is 5.28. The van der Waals surface area contributed by atoms with Crippen LogP contribution in [0.4, 0.5) is 0 Å². The number of hydrogen-bond acceptors (Lipinski definition) is 2. The Morgan fingerprint density at radius 1 is 1.33 bits per heavy atom. The predicted octanol–water partition coefficient (Wildman–Crippen LogP) is 0.644. The number of terminal acetylenes is 1. The van der Waals surface area contributed by atoms with Gasteiger partial charge >= 0.3 is 0 Å². The van der Waals surface area contributed by atoms with Crippen LogP contribution in [0.3, 0.4) is 0 Å². The molecule has 0 unspecified atom stereocenters. The molecule has 2 atom stereocenters. The lowest BCUT2D eigenvalue weighted by Crippen LogP contribution is -2.54. The van der Waals surface area contributed by atoms with Gasteiger partial charge in [0.05, 0.1) is 6.54 Å². The number of likely N-dealkylation sites (N-methyl/N-ethyl adjacent to an activating group) is 1. The first-order chi connectivity index (χ1) is 5.65. The molecule has 1 rings (SSSR count). The molecule has 1 heterocycles. The number of hydrogen-bond donors (Lipinski definition) is 0. The first-order valence-electron chi connectivity index (χ1n) is 4.53. The summed E-state index contributed by atoms with van der Waals surface area (Å²) in [5, 5.41) is 0. The highest BCUT2D eigenvalue weighted by atomic mass is 15.3. The van der Waals surface area contributed by atoms with Gasteiger partial charge in [0.2, 0.25) is 0 Å². The molecule has 12 heavy (non-hydrogen) atoms. The Labute approximate surface area is 75.5 Å². The maximum Gasteiger partial charge on any atom is 0.0600 e. The van der Waals surface area contributed by atoms with Gasteiger partial charge in [-0.2, -0.15) is 0 Å². The first-order valence-corrected chi connectivity index (χ1v) is 4.53. The fraction of sp³-hybridized carbons (Fsp3) is 0.800. The summed E-state index contributed by atoms with van der Waals surface area (Å²) in [4.78, 5) is 4.75. The summed E-state index contributed by atoms with van der Waals surface area (Å²) in [5.74, 6) is 2.70. The summed E-state index contributed by atoms with van der Waals surface area (Å²) in [6.45, 7) is 7.50. The summed E-state index contributed by atoms with van der Waals surface area (Å²) >= 11 is 0. The topological polar surface area (TPSA) is 6.48 Å². The largest absolute Gasteiger partial charge is 0.298 e. The van der Waals surface area contributed by atoms with Crippen molar-refractivity contribution in [3.63, 3.8) is 0 Å². The van der Waals surface area contributed by atoms with Gasteiger partial charge in [-0.15, -0.1) is 6.42 Å². The zero-order chi connectivity index (χ0) is 9.14. The van der Waals surface area contributed by atoms with Crippen LogP contribution in [0.1, 0.15) is 13.8 Å². The van der Waals surface area contributed by atoms with Crippen molar-refractivity contribution in [3.05, 3.63) is 0 Å². The van der Waals surface area contributed by atoms with E-state index in [2.05, 4.69) is 36.6 Å². The van der Waals surface area contributed by atoms with Crippen LogP contribution >= 0.6 is 0 Å². The zero-order valence-electron chi connectivity index (χ0n) is 8.25. The molecule has 0 N–H and O–H groups in total. The fourth-order valence-electron chi connectivity index (χ4n) is 1.77. The highest BCUT2D eigenvalue weighted by molar-refractivity contribution is 4.92. The van der Waals surface area contributed by atoms with Gasteiger partial charge < -0.3 is 0 Å². The molecule has 1 aliphatic heterocycles. The Balaban J connectivity index is 2.49. The van der Waals surface area contributed by atoms with Crippen LogP contribution in [-0.4, -0.2) is 48.6 Å². The van der Waals surface area contributed by atoms with E-state index in [0.717, 1.165) is 19.6 Å². The summed E-state index contributed by atoms with van der Waals surface area (Å²) in [7, 11) is 2.18. The normalized spacial score (nSPS) is 33.2. The van der Waals surface area contributed by atoms with Crippen LogP contribution in [0.25, 0.3) is 0 Å². The third-order valence-corrected chi connectivity index (χ3v) is 2.75. The number of piperazine rings is 1. The van der Waals surface area contributed by atoms with E-state index < -0.39 is 0 Å². The molecule has 0 saturated carbocycles. The molecule has 2 nitrogen and oxygen atoms in total. The van der Waals surface area contributed by atoms with E-state index in [9.17, 15) is 0 Å². The van der Waals surface area contributed by atoms with Gasteiger partial charge in [-0.1, -0.05) is 5.92 Å². The van der Waals surface area contributed by atoms with Crippen LogP contribution in [0.2, 0.25) is 0 Å². The zero-order valence-corrected chi connectivity index (χ0v) is 8.25. The monoisotopic (exact) mass is 166 g/mol. The van der Waals surface area contributed by atoms with Crippen LogP contribution in [0.15, 0.2) is 0 Å². The van der Waals surface area contributed by atoms with Gasteiger partial charge in [-0.05, 0) is 20.9 Å². The van der Waals surface area contributed by atoms with Crippen molar-refractivity contribution in [3.8, 4) is 12.3 Å². The van der Waals surface area contributed by atoms with Crippen molar-refractivity contribution >= 4 is 0 Å². The van der Waals surface area contributed by atoms with Gasteiger partial charge in [0.25, 0.3) is 0 Å². The van der Waals surface area contributed by atoms with Crippen molar-refractivity contribution in [2.75, 3.05) is 26.7 Å². The molecule has 0 aromatic carbocycles. The van der Waals surface area contributed by atoms with E-state index in [-0.39, 0.29) is 0 Å². The third kappa shape index (κ3) is 2.00. The van der Waals surface area contributed by atoms with Crippen molar-refractivity contribution in [1.82, 2.24) is 9.80 Å². The van der Waals surface area contributed by atoms with Crippen molar-refractivity contribution < 1.29 is 0 Å². The molecular formula is C10H18N2. The van der Waals surface area contributed by atoms with E-state index in [0.29, 0.717) is 12.1 Å². The Bertz CT molecular complexity index is 171. The lowest BCUT2D eigenvalue weighted by molar-refractivity contribution is 0.0685. The first kappa shape index (κ1) is 9.57. The van der Waals surface area contributed by atoms with Gasteiger partial charge in [-0.3, -0.25) is 9.80 Å². The van der Waals surface area contributed by atoms with Crippen molar-refractivity contribution in [2.24, 2.45) is 0 Å². The predicted molar refractivity (Wildman–Crippen MR) is 52.0 cm³/mol. The van der Waals surface area contributed by atoms with Crippen molar-refractivity contribution in [2.45, 2.75) is 25.9 Å². The van der Waals surface area contributed by atoms with E-state index >= 15 is 0 Å². The van der Waals surface area contributed by atoms with Gasteiger partial charge in [0.1, 0.15) is 0 Å². The summed E-state index contributed by atoms with van der Waals surface area (Å²) in [5.41, 5.74) is 0. The molecule has 1 saturated heterocycles. The Hall–Kier alpha value is -0.520. The fourth-order valence-corrected chi connectivity index (χ4v) is 1.77. The van der Waals surface area contributed by atoms with E-state index in [1.54, 1.807) is 0 Å². The van der Waals surface area contributed by atoms with Gasteiger partial charge in [-0.25, -0.2) is 0 Å². The average Bonchev–Trinajstić information content (AvgIpc) is 2.01. The number of rotatable bonds is 1. The lowest BCUT2D eigenvalue weighted by Gasteiger charge is -2.41. The number of nitrogens with zero attached hydrogens (tertiary/aromatic N) is 2. The quantitative estimate of drug-likeness (QED) is 0.528. The molecule has 0 aromatic rings. The minimum Gasteiger partial charge on any atom is -0.298 e. The SMILES string of the molecule is C#CCN1C[C@@H](C)N(C)[C@@H](C)C1. The molecule has 2 heteroatoms. The molecule has 1 aliphatic rings. The maximum absolute atomic E-state index is 5.28. The maximum atomic E-state index is 5.28. The molecule has 0 spiro atoms. The molecule has 0 aromatic heterocycles. The van der Waals surface area contributed by atoms with Crippen LogP contribution in [0.5, 0.6) is 0 Å². The standard InChI is InChI=1S/C10H18N2/c1-5-6-12-7-9(2)11(4)10(3)8-12/h1,9-10H,6-8H2,2-4H3/t9-,10+. The lowest BCUT2D eigenvalue weighted by atomic mass is 10.1.